The van der Waals surface area contributed by atoms with Crippen LogP contribution in [0.2, 0.25) is 0 Å². The van der Waals surface area contributed by atoms with Gasteiger partial charge in [0.05, 0.1) is 0 Å². The van der Waals surface area contributed by atoms with Gasteiger partial charge in [-0.3, -0.25) is 4.79 Å². The number of carbonyl (C=O) groups excluding carboxylic acids is 2. The second-order valence-electron chi connectivity index (χ2n) is 5.63. The third kappa shape index (κ3) is 4.91. The number of halogens is 2. The summed E-state index contributed by atoms with van der Waals surface area (Å²) in [4.78, 5) is 25.7. The summed E-state index contributed by atoms with van der Waals surface area (Å²) in [5.74, 6) is -1.87. The van der Waals surface area contributed by atoms with Gasteiger partial charge in [-0.1, -0.05) is 6.92 Å². The van der Waals surface area contributed by atoms with Crippen LogP contribution in [0.5, 0.6) is 0 Å². The summed E-state index contributed by atoms with van der Waals surface area (Å²) in [7, 11) is 0. The number of hydrogen-bond acceptors (Lipinski definition) is 2. The number of rotatable bonds is 4. The van der Waals surface area contributed by atoms with Crippen molar-refractivity contribution in [2.45, 2.75) is 38.6 Å². The average molecular weight is 325 g/mol. The van der Waals surface area contributed by atoms with Crippen LogP contribution in [0.15, 0.2) is 18.2 Å². The van der Waals surface area contributed by atoms with Gasteiger partial charge in [0.25, 0.3) is 0 Å². The van der Waals surface area contributed by atoms with Crippen LogP contribution in [0.1, 0.15) is 32.6 Å². The number of likely N-dealkylation sites (tertiary alicyclic amines) is 1. The summed E-state index contributed by atoms with van der Waals surface area (Å²) in [6.45, 7) is 3.36. The summed E-state index contributed by atoms with van der Waals surface area (Å²) in [6, 6.07) is 2.56. The smallest absolute Gasteiger partial charge is 0.319 e. The number of anilines is 1. The van der Waals surface area contributed by atoms with E-state index in [1.54, 1.807) is 0 Å². The molecule has 0 aliphatic carbocycles. The lowest BCUT2D eigenvalue weighted by molar-refractivity contribution is -0.130. The zero-order valence-corrected chi connectivity index (χ0v) is 13.1. The zero-order valence-electron chi connectivity index (χ0n) is 13.1. The van der Waals surface area contributed by atoms with Crippen molar-refractivity contribution in [2.24, 2.45) is 0 Å². The fourth-order valence-corrected chi connectivity index (χ4v) is 2.61. The maximum absolute atomic E-state index is 13.1. The van der Waals surface area contributed by atoms with E-state index in [1.165, 1.54) is 6.07 Å². The molecule has 0 saturated carbocycles. The van der Waals surface area contributed by atoms with Gasteiger partial charge in [0.2, 0.25) is 5.91 Å². The monoisotopic (exact) mass is 325 g/mol. The minimum atomic E-state index is -1.02. The fraction of sp³-hybridized carbons (Fsp3) is 0.500. The molecule has 2 N–H and O–H groups in total. The topological polar surface area (TPSA) is 61.4 Å². The lowest BCUT2D eigenvalue weighted by atomic mass is 10.1. The molecule has 23 heavy (non-hydrogen) atoms. The van der Waals surface area contributed by atoms with E-state index in [4.69, 9.17) is 0 Å². The first-order chi connectivity index (χ1) is 11.0. The normalized spacial score (nSPS) is 18.5. The number of hydrogen-bond donors (Lipinski definition) is 2. The summed E-state index contributed by atoms with van der Waals surface area (Å²) in [5.41, 5.74) is 0.179. The third-order valence-electron chi connectivity index (χ3n) is 3.81. The highest BCUT2D eigenvalue weighted by Gasteiger charge is 2.23. The van der Waals surface area contributed by atoms with E-state index in [1.807, 2.05) is 11.8 Å². The SMILES string of the molecule is CCCN1CCC(NC(=O)Nc2ccc(F)c(F)c2)CCC1=O. The first-order valence-electron chi connectivity index (χ1n) is 7.80. The minimum absolute atomic E-state index is 0.108. The van der Waals surface area contributed by atoms with Crippen LogP contribution in [0.3, 0.4) is 0 Å². The molecule has 1 aliphatic heterocycles. The van der Waals surface area contributed by atoms with Gasteiger partial charge >= 0.3 is 6.03 Å². The Morgan fingerprint density at radius 3 is 2.78 bits per heavy atom. The highest BCUT2D eigenvalue weighted by atomic mass is 19.2. The number of carbonyl (C=O) groups is 2. The van der Waals surface area contributed by atoms with Crippen molar-refractivity contribution >= 4 is 17.6 Å². The zero-order chi connectivity index (χ0) is 16.8. The van der Waals surface area contributed by atoms with E-state index in [9.17, 15) is 18.4 Å². The molecular formula is C16H21F2N3O2. The van der Waals surface area contributed by atoms with Crippen molar-refractivity contribution in [2.75, 3.05) is 18.4 Å². The Morgan fingerprint density at radius 2 is 2.09 bits per heavy atom. The van der Waals surface area contributed by atoms with Gasteiger partial charge in [-0.05, 0) is 31.4 Å². The first kappa shape index (κ1) is 17.2. The van der Waals surface area contributed by atoms with Crippen molar-refractivity contribution < 1.29 is 18.4 Å². The van der Waals surface area contributed by atoms with E-state index < -0.39 is 17.7 Å². The van der Waals surface area contributed by atoms with Crippen molar-refractivity contribution in [3.8, 4) is 0 Å². The minimum Gasteiger partial charge on any atom is -0.343 e. The summed E-state index contributed by atoms with van der Waals surface area (Å²) >= 11 is 0. The molecule has 0 bridgehead atoms. The fourth-order valence-electron chi connectivity index (χ4n) is 2.61. The van der Waals surface area contributed by atoms with Crippen LogP contribution in [-0.2, 0) is 4.79 Å². The van der Waals surface area contributed by atoms with Crippen molar-refractivity contribution in [3.05, 3.63) is 29.8 Å². The number of nitrogens with one attached hydrogen (secondary N) is 2. The van der Waals surface area contributed by atoms with Crippen molar-refractivity contribution in [1.82, 2.24) is 10.2 Å². The van der Waals surface area contributed by atoms with Gasteiger partial charge in [-0.15, -0.1) is 0 Å². The van der Waals surface area contributed by atoms with Gasteiger partial charge in [0.15, 0.2) is 11.6 Å². The summed E-state index contributed by atoms with van der Waals surface area (Å²) < 4.78 is 26.0. The van der Waals surface area contributed by atoms with Crippen LogP contribution in [0.4, 0.5) is 19.3 Å². The highest BCUT2D eigenvalue weighted by molar-refractivity contribution is 5.89. The second-order valence-corrected chi connectivity index (χ2v) is 5.63. The molecule has 7 heteroatoms. The number of amides is 3. The summed E-state index contributed by atoms with van der Waals surface area (Å²) in [6.07, 6.45) is 2.55. The molecule has 126 valence electrons. The van der Waals surface area contributed by atoms with E-state index in [0.717, 1.165) is 25.1 Å². The van der Waals surface area contributed by atoms with Gasteiger partial charge in [-0.25, -0.2) is 13.6 Å². The molecule has 0 spiro atoms. The average Bonchev–Trinajstić information content (AvgIpc) is 2.67. The van der Waals surface area contributed by atoms with Crippen LogP contribution >= 0.6 is 0 Å². The van der Waals surface area contributed by atoms with Crippen LogP contribution in [-0.4, -0.2) is 36.0 Å². The van der Waals surface area contributed by atoms with Crippen LogP contribution in [0, 0.1) is 11.6 Å². The molecule has 3 amide bonds. The van der Waals surface area contributed by atoms with E-state index in [-0.39, 0.29) is 17.6 Å². The number of nitrogens with zero attached hydrogens (tertiary/aromatic N) is 1. The molecule has 1 unspecified atom stereocenters. The Labute approximate surface area is 134 Å². The molecular weight excluding hydrogens is 304 g/mol. The Bertz CT molecular complexity index is 580. The maximum Gasteiger partial charge on any atom is 0.319 e. The number of urea groups is 1. The lowest BCUT2D eigenvalue weighted by Gasteiger charge is -2.20. The molecule has 1 aromatic carbocycles. The Hall–Kier alpha value is -2.18. The predicted octanol–water partition coefficient (Wildman–Crippen LogP) is 2.88. The third-order valence-corrected chi connectivity index (χ3v) is 3.81. The molecule has 5 nitrogen and oxygen atoms in total. The van der Waals surface area contributed by atoms with Crippen molar-refractivity contribution in [1.29, 1.82) is 0 Å². The molecule has 2 rings (SSSR count). The van der Waals surface area contributed by atoms with E-state index in [0.29, 0.717) is 25.8 Å². The largest absolute Gasteiger partial charge is 0.343 e. The molecule has 1 aliphatic rings. The van der Waals surface area contributed by atoms with Gasteiger partial charge in [0, 0.05) is 37.3 Å². The highest BCUT2D eigenvalue weighted by Crippen LogP contribution is 2.15. The Kier molecular flexibility index (Phi) is 5.90. The van der Waals surface area contributed by atoms with E-state index >= 15 is 0 Å². The van der Waals surface area contributed by atoms with Gasteiger partial charge in [0.1, 0.15) is 0 Å². The summed E-state index contributed by atoms with van der Waals surface area (Å²) in [5, 5.41) is 5.25. The Balaban J connectivity index is 1.87. The first-order valence-corrected chi connectivity index (χ1v) is 7.80. The quantitative estimate of drug-likeness (QED) is 0.894. The van der Waals surface area contributed by atoms with Gasteiger partial charge in [-0.2, -0.15) is 0 Å². The molecule has 0 radical (unpaired) electrons. The molecule has 1 saturated heterocycles. The molecule has 1 atom stereocenters. The van der Waals surface area contributed by atoms with E-state index in [2.05, 4.69) is 10.6 Å². The maximum atomic E-state index is 13.1. The predicted molar refractivity (Wildman–Crippen MR) is 83.0 cm³/mol. The lowest BCUT2D eigenvalue weighted by Crippen LogP contribution is -2.38. The van der Waals surface area contributed by atoms with Crippen LogP contribution in [0.25, 0.3) is 0 Å². The molecule has 1 fully saturated rings. The molecule has 1 heterocycles. The van der Waals surface area contributed by atoms with Crippen molar-refractivity contribution in [3.63, 3.8) is 0 Å². The standard InChI is InChI=1S/C16H21F2N3O2/c1-2-8-21-9-7-11(4-6-15(21)22)19-16(23)20-12-3-5-13(17)14(18)10-12/h3,5,10-11H,2,4,6-9H2,1H3,(H2,19,20,23). The second kappa shape index (κ2) is 7.89. The number of benzene rings is 1. The molecule has 1 aromatic rings. The molecule has 0 aromatic heterocycles. The van der Waals surface area contributed by atoms with Crippen LogP contribution < -0.4 is 10.6 Å². The Morgan fingerprint density at radius 1 is 1.30 bits per heavy atom. The van der Waals surface area contributed by atoms with Gasteiger partial charge < -0.3 is 15.5 Å².